The summed E-state index contributed by atoms with van der Waals surface area (Å²) in [6.45, 7) is 1.77. The number of nitro groups is 1. The standard InChI is InChI=1S/C12H11BrN6O5S/c1-6-8(13)4-7(5-9(6)19(21)22)25(23,24)17-11-15-12-14-10(20)2-3-18(12)16-11/h4-5H,2-3H2,1H3,(H2,14,15,16,17,20). The van der Waals surface area contributed by atoms with Gasteiger partial charge in [-0.3, -0.25) is 20.2 Å². The number of fused-ring (bicyclic) bond motifs is 1. The average molecular weight is 431 g/mol. The zero-order valence-corrected chi connectivity index (χ0v) is 15.1. The van der Waals surface area contributed by atoms with Gasteiger partial charge in [-0.25, -0.2) is 17.8 Å². The molecule has 0 saturated carbocycles. The Hall–Kier alpha value is -2.54. The lowest BCUT2D eigenvalue weighted by Crippen LogP contribution is -2.23. The van der Waals surface area contributed by atoms with Crippen LogP contribution in [0.15, 0.2) is 21.5 Å². The lowest BCUT2D eigenvalue weighted by molar-refractivity contribution is -0.385. The number of aryl methyl sites for hydroxylation is 1. The third-order valence-corrected chi connectivity index (χ3v) is 5.63. The summed E-state index contributed by atoms with van der Waals surface area (Å²) in [5.41, 5.74) is -0.0265. The van der Waals surface area contributed by atoms with Gasteiger partial charge in [-0.1, -0.05) is 15.9 Å². The molecule has 132 valence electrons. The molecule has 0 atom stereocenters. The highest BCUT2D eigenvalue weighted by Gasteiger charge is 2.25. The monoisotopic (exact) mass is 430 g/mol. The number of halogens is 1. The molecule has 2 heterocycles. The molecule has 0 bridgehead atoms. The second kappa shape index (κ2) is 6.07. The Morgan fingerprint density at radius 2 is 2.16 bits per heavy atom. The van der Waals surface area contributed by atoms with Crippen molar-refractivity contribution in [2.24, 2.45) is 0 Å². The van der Waals surface area contributed by atoms with Crippen molar-refractivity contribution in [3.63, 3.8) is 0 Å². The first kappa shape index (κ1) is 17.3. The zero-order valence-electron chi connectivity index (χ0n) is 12.7. The van der Waals surface area contributed by atoms with Crippen LogP contribution < -0.4 is 10.0 Å². The number of nitrogens with zero attached hydrogens (tertiary/aromatic N) is 4. The summed E-state index contributed by atoms with van der Waals surface area (Å²) in [6.07, 6.45) is 0.208. The lowest BCUT2D eigenvalue weighted by atomic mass is 10.2. The summed E-state index contributed by atoms with van der Waals surface area (Å²) in [5.74, 6) is -0.353. The average Bonchev–Trinajstić information content (AvgIpc) is 2.89. The number of rotatable bonds is 4. The Bertz CT molecular complexity index is 1000. The van der Waals surface area contributed by atoms with Crippen molar-refractivity contribution in [3.8, 4) is 0 Å². The fourth-order valence-electron chi connectivity index (χ4n) is 2.19. The number of anilines is 2. The Morgan fingerprint density at radius 1 is 1.44 bits per heavy atom. The van der Waals surface area contributed by atoms with Crippen molar-refractivity contribution in [2.75, 3.05) is 10.0 Å². The second-order valence-electron chi connectivity index (χ2n) is 5.19. The predicted molar refractivity (Wildman–Crippen MR) is 89.6 cm³/mol. The molecule has 1 aromatic heterocycles. The quantitative estimate of drug-likeness (QED) is 0.549. The third kappa shape index (κ3) is 3.32. The number of benzene rings is 1. The van der Waals surface area contributed by atoms with Gasteiger partial charge in [0.25, 0.3) is 21.7 Å². The summed E-state index contributed by atoms with van der Waals surface area (Å²) in [6, 6.07) is 2.21. The van der Waals surface area contributed by atoms with E-state index in [0.717, 1.165) is 6.07 Å². The first-order chi connectivity index (χ1) is 11.7. The number of nitro benzene ring substituents is 1. The molecule has 1 amide bonds. The lowest BCUT2D eigenvalue weighted by Gasteiger charge is -2.11. The summed E-state index contributed by atoms with van der Waals surface area (Å²) in [5, 5.41) is 17.5. The van der Waals surface area contributed by atoms with E-state index >= 15 is 0 Å². The number of aromatic nitrogens is 3. The Kier molecular flexibility index (Phi) is 4.20. The van der Waals surface area contributed by atoms with Gasteiger partial charge in [0, 0.05) is 22.5 Å². The number of sulfonamides is 1. The molecule has 2 N–H and O–H groups in total. The smallest absolute Gasteiger partial charge is 0.274 e. The van der Waals surface area contributed by atoms with Crippen molar-refractivity contribution in [2.45, 2.75) is 24.8 Å². The van der Waals surface area contributed by atoms with Crippen molar-refractivity contribution >= 4 is 49.4 Å². The predicted octanol–water partition coefficient (Wildman–Crippen LogP) is 1.40. The molecule has 1 aromatic carbocycles. The van der Waals surface area contributed by atoms with Crippen molar-refractivity contribution in [1.29, 1.82) is 0 Å². The van der Waals surface area contributed by atoms with Gasteiger partial charge < -0.3 is 0 Å². The number of carbonyl (C=O) groups is 1. The van der Waals surface area contributed by atoms with E-state index in [1.54, 1.807) is 0 Å². The van der Waals surface area contributed by atoms with Crippen molar-refractivity contribution < 1.29 is 18.1 Å². The minimum atomic E-state index is -4.16. The number of hydrogen-bond donors (Lipinski definition) is 2. The van der Waals surface area contributed by atoms with E-state index in [9.17, 15) is 23.3 Å². The summed E-state index contributed by atoms with van der Waals surface area (Å²) in [4.78, 5) is 25.3. The van der Waals surface area contributed by atoms with Crippen LogP contribution in [-0.2, 0) is 21.4 Å². The van der Waals surface area contributed by atoms with Crippen LogP contribution in [0.5, 0.6) is 0 Å². The van der Waals surface area contributed by atoms with Crippen LogP contribution >= 0.6 is 15.9 Å². The molecule has 25 heavy (non-hydrogen) atoms. The van der Waals surface area contributed by atoms with Gasteiger partial charge in [0.2, 0.25) is 11.9 Å². The Morgan fingerprint density at radius 3 is 2.84 bits per heavy atom. The zero-order chi connectivity index (χ0) is 18.4. The molecular formula is C12H11BrN6O5S. The minimum absolute atomic E-state index is 0.130. The van der Waals surface area contributed by atoms with Crippen LogP contribution in [0.4, 0.5) is 17.6 Å². The Labute approximate surface area is 149 Å². The van der Waals surface area contributed by atoms with E-state index in [1.165, 1.54) is 17.7 Å². The van der Waals surface area contributed by atoms with E-state index in [-0.39, 0.29) is 45.8 Å². The first-order valence-electron chi connectivity index (χ1n) is 6.89. The highest BCUT2D eigenvalue weighted by atomic mass is 79.9. The molecule has 0 radical (unpaired) electrons. The second-order valence-corrected chi connectivity index (χ2v) is 7.73. The van der Waals surface area contributed by atoms with Crippen LogP contribution in [0.1, 0.15) is 12.0 Å². The molecule has 0 unspecified atom stereocenters. The number of hydrogen-bond acceptors (Lipinski definition) is 7. The molecule has 2 aromatic rings. The summed E-state index contributed by atoms with van der Waals surface area (Å²) >= 11 is 3.12. The highest BCUT2D eigenvalue weighted by Crippen LogP contribution is 2.30. The molecule has 0 fully saturated rings. The molecule has 3 rings (SSSR count). The van der Waals surface area contributed by atoms with E-state index in [1.807, 2.05) is 0 Å². The molecule has 0 saturated heterocycles. The van der Waals surface area contributed by atoms with E-state index < -0.39 is 14.9 Å². The summed E-state index contributed by atoms with van der Waals surface area (Å²) < 4.78 is 28.8. The molecule has 0 aliphatic carbocycles. The highest BCUT2D eigenvalue weighted by molar-refractivity contribution is 9.10. The van der Waals surface area contributed by atoms with Gasteiger partial charge in [-0.05, 0) is 13.0 Å². The van der Waals surface area contributed by atoms with Gasteiger partial charge >= 0.3 is 0 Å². The summed E-state index contributed by atoms with van der Waals surface area (Å²) in [7, 11) is -4.16. The fourth-order valence-corrected chi connectivity index (χ4v) is 3.78. The topological polar surface area (TPSA) is 149 Å². The maximum absolute atomic E-state index is 12.5. The van der Waals surface area contributed by atoms with Crippen LogP contribution in [0.25, 0.3) is 0 Å². The molecule has 11 nitrogen and oxygen atoms in total. The first-order valence-corrected chi connectivity index (χ1v) is 9.17. The molecular weight excluding hydrogens is 420 g/mol. The van der Waals surface area contributed by atoms with Crippen LogP contribution in [0.2, 0.25) is 0 Å². The van der Waals surface area contributed by atoms with Crippen LogP contribution in [0.3, 0.4) is 0 Å². The maximum atomic E-state index is 12.5. The fraction of sp³-hybridized carbons (Fsp3) is 0.250. The van der Waals surface area contributed by atoms with E-state index in [4.69, 9.17) is 0 Å². The van der Waals surface area contributed by atoms with Crippen molar-refractivity contribution in [3.05, 3.63) is 32.3 Å². The molecule has 13 heteroatoms. The number of nitrogens with one attached hydrogen (secondary N) is 2. The molecule has 1 aliphatic rings. The molecule has 0 spiro atoms. The van der Waals surface area contributed by atoms with Gasteiger partial charge in [-0.2, -0.15) is 4.98 Å². The largest absolute Gasteiger partial charge is 0.295 e. The van der Waals surface area contributed by atoms with Gasteiger partial charge in [0.05, 0.1) is 16.4 Å². The van der Waals surface area contributed by atoms with Crippen molar-refractivity contribution in [1.82, 2.24) is 14.8 Å². The third-order valence-electron chi connectivity index (χ3n) is 3.50. The van der Waals surface area contributed by atoms with Gasteiger partial charge in [0.1, 0.15) is 0 Å². The van der Waals surface area contributed by atoms with E-state index in [2.05, 4.69) is 36.1 Å². The Balaban J connectivity index is 1.95. The normalized spacial score (nSPS) is 13.9. The van der Waals surface area contributed by atoms with Gasteiger partial charge in [0.15, 0.2) is 0 Å². The minimum Gasteiger partial charge on any atom is -0.295 e. The van der Waals surface area contributed by atoms with Crippen LogP contribution in [0, 0.1) is 17.0 Å². The molecule has 1 aliphatic heterocycles. The van der Waals surface area contributed by atoms with Crippen LogP contribution in [-0.4, -0.2) is 34.0 Å². The maximum Gasteiger partial charge on any atom is 0.274 e. The number of carbonyl (C=O) groups excluding carboxylic acids is 1. The number of amides is 1. The SMILES string of the molecule is Cc1c(Br)cc(S(=O)(=O)Nc2nc3n(n2)CCC(=O)N3)cc1[N+](=O)[O-]. The van der Waals surface area contributed by atoms with E-state index in [0.29, 0.717) is 5.56 Å². The van der Waals surface area contributed by atoms with Gasteiger partial charge in [-0.15, -0.1) is 5.10 Å².